The van der Waals surface area contributed by atoms with Crippen LogP contribution in [0.4, 0.5) is 4.39 Å². The first-order valence-electron chi connectivity index (χ1n) is 5.07. The van der Waals surface area contributed by atoms with Gasteiger partial charge >= 0.3 is 5.97 Å². The Bertz CT molecular complexity index is 419. The summed E-state index contributed by atoms with van der Waals surface area (Å²) in [4.78, 5) is 25.7. The molecule has 17 heavy (non-hydrogen) atoms. The molecule has 6 heteroatoms. The second kappa shape index (κ2) is 5.38. The minimum Gasteiger partial charge on any atom is -0.481 e. The fraction of sp³-hybridized carbons (Fsp3) is 0.364. The molecular formula is C11H13FN2O3. The zero-order valence-corrected chi connectivity index (χ0v) is 9.48. The van der Waals surface area contributed by atoms with Crippen LogP contribution in [0.2, 0.25) is 0 Å². The lowest BCUT2D eigenvalue weighted by Crippen LogP contribution is -2.40. The summed E-state index contributed by atoms with van der Waals surface area (Å²) >= 11 is 0. The van der Waals surface area contributed by atoms with Gasteiger partial charge in [0, 0.05) is 12.2 Å². The molecule has 1 rings (SSSR count). The Morgan fingerprint density at radius 2 is 2.06 bits per heavy atom. The van der Waals surface area contributed by atoms with Gasteiger partial charge in [-0.05, 0) is 26.0 Å². The van der Waals surface area contributed by atoms with Crippen LogP contribution in [0.1, 0.15) is 24.2 Å². The summed E-state index contributed by atoms with van der Waals surface area (Å²) in [6.07, 6.45) is 1.10. The number of rotatable bonds is 4. The lowest BCUT2D eigenvalue weighted by atomic mass is 10.0. The molecule has 0 aromatic carbocycles. The van der Waals surface area contributed by atoms with Gasteiger partial charge in [0.15, 0.2) is 0 Å². The number of hydrogen-bond acceptors (Lipinski definition) is 3. The van der Waals surface area contributed by atoms with E-state index >= 15 is 0 Å². The fourth-order valence-corrected chi connectivity index (χ4v) is 1.14. The number of aromatic nitrogens is 1. The van der Waals surface area contributed by atoms with E-state index in [-0.39, 0.29) is 5.56 Å². The average Bonchev–Trinajstić information content (AvgIpc) is 2.28. The minimum absolute atomic E-state index is 0.191. The molecule has 0 spiro atoms. The van der Waals surface area contributed by atoms with E-state index in [9.17, 15) is 14.0 Å². The van der Waals surface area contributed by atoms with Crippen LogP contribution in [-0.2, 0) is 4.79 Å². The third-order valence-corrected chi connectivity index (χ3v) is 2.49. The van der Waals surface area contributed by atoms with Crippen molar-refractivity contribution >= 4 is 11.9 Å². The van der Waals surface area contributed by atoms with Crippen molar-refractivity contribution in [3.8, 4) is 0 Å². The average molecular weight is 240 g/mol. The van der Waals surface area contributed by atoms with Crippen LogP contribution in [0.3, 0.4) is 0 Å². The number of aliphatic carboxylic acids is 1. The molecule has 5 nitrogen and oxygen atoms in total. The topological polar surface area (TPSA) is 79.3 Å². The van der Waals surface area contributed by atoms with Crippen LogP contribution in [-0.4, -0.2) is 28.0 Å². The number of carboxylic acid groups (broad SMARTS) is 1. The first-order chi connectivity index (χ1) is 7.91. The maximum Gasteiger partial charge on any atom is 0.308 e. The number of nitrogens with one attached hydrogen (secondary N) is 1. The SMILES string of the molecule is CC(NC(=O)c1ccc(F)nc1)C(C)C(=O)O. The van der Waals surface area contributed by atoms with Gasteiger partial charge in [-0.15, -0.1) is 0 Å². The van der Waals surface area contributed by atoms with Gasteiger partial charge in [-0.3, -0.25) is 9.59 Å². The molecule has 0 radical (unpaired) electrons. The van der Waals surface area contributed by atoms with E-state index in [1.165, 1.54) is 13.0 Å². The molecule has 1 aromatic heterocycles. The normalized spacial score (nSPS) is 13.8. The number of carbonyl (C=O) groups excluding carboxylic acids is 1. The molecule has 2 unspecified atom stereocenters. The van der Waals surface area contributed by atoms with Crippen LogP contribution in [0.25, 0.3) is 0 Å². The van der Waals surface area contributed by atoms with Crippen molar-refractivity contribution in [2.24, 2.45) is 5.92 Å². The summed E-state index contributed by atoms with van der Waals surface area (Å²) in [7, 11) is 0. The molecule has 1 aromatic rings. The summed E-state index contributed by atoms with van der Waals surface area (Å²) in [5.74, 6) is -2.84. The third-order valence-electron chi connectivity index (χ3n) is 2.49. The Kier molecular flexibility index (Phi) is 4.14. The van der Waals surface area contributed by atoms with Gasteiger partial charge in [0.05, 0.1) is 11.5 Å². The van der Waals surface area contributed by atoms with Gasteiger partial charge in [-0.2, -0.15) is 4.39 Å². The Balaban J connectivity index is 2.66. The van der Waals surface area contributed by atoms with E-state index in [0.717, 1.165) is 12.3 Å². The van der Waals surface area contributed by atoms with Crippen molar-refractivity contribution in [3.05, 3.63) is 29.8 Å². The lowest BCUT2D eigenvalue weighted by Gasteiger charge is -2.17. The summed E-state index contributed by atoms with van der Waals surface area (Å²) in [5, 5.41) is 11.3. The highest BCUT2D eigenvalue weighted by Gasteiger charge is 2.21. The van der Waals surface area contributed by atoms with Gasteiger partial charge in [-0.25, -0.2) is 4.98 Å². The molecule has 0 saturated carbocycles. The lowest BCUT2D eigenvalue weighted by molar-refractivity contribution is -0.141. The maximum absolute atomic E-state index is 12.5. The quantitative estimate of drug-likeness (QED) is 0.771. The number of nitrogens with zero attached hydrogens (tertiary/aromatic N) is 1. The molecule has 0 fully saturated rings. The highest BCUT2D eigenvalue weighted by Crippen LogP contribution is 2.05. The molecule has 1 amide bonds. The van der Waals surface area contributed by atoms with Crippen molar-refractivity contribution in [1.82, 2.24) is 10.3 Å². The highest BCUT2D eigenvalue weighted by atomic mass is 19.1. The molecule has 0 aliphatic rings. The molecule has 0 bridgehead atoms. The Morgan fingerprint density at radius 3 is 2.53 bits per heavy atom. The van der Waals surface area contributed by atoms with E-state index in [4.69, 9.17) is 5.11 Å². The first-order valence-corrected chi connectivity index (χ1v) is 5.07. The standard InChI is InChI=1S/C11H13FN2O3/c1-6(11(16)17)7(2)14-10(15)8-3-4-9(12)13-5-8/h3-7H,1-2H3,(H,14,15)(H,16,17). The van der Waals surface area contributed by atoms with Gasteiger partial charge < -0.3 is 10.4 Å². The van der Waals surface area contributed by atoms with Gasteiger partial charge in [0.2, 0.25) is 5.95 Å². The highest BCUT2D eigenvalue weighted by molar-refractivity contribution is 5.94. The van der Waals surface area contributed by atoms with E-state index in [1.807, 2.05) is 0 Å². The molecule has 1 heterocycles. The Labute approximate surface area is 97.7 Å². The van der Waals surface area contributed by atoms with Gasteiger partial charge in [0.25, 0.3) is 5.91 Å². The number of carboxylic acids is 1. The van der Waals surface area contributed by atoms with E-state index in [1.54, 1.807) is 6.92 Å². The number of carbonyl (C=O) groups is 2. The van der Waals surface area contributed by atoms with Crippen molar-refractivity contribution in [2.75, 3.05) is 0 Å². The number of hydrogen-bond donors (Lipinski definition) is 2. The van der Waals surface area contributed by atoms with Crippen LogP contribution < -0.4 is 5.32 Å². The first kappa shape index (κ1) is 13.1. The zero-order chi connectivity index (χ0) is 13.0. The number of pyridine rings is 1. The predicted octanol–water partition coefficient (Wildman–Crippen LogP) is 1.06. The van der Waals surface area contributed by atoms with Crippen LogP contribution in [0.15, 0.2) is 18.3 Å². The monoisotopic (exact) mass is 240 g/mol. The molecule has 2 N–H and O–H groups in total. The van der Waals surface area contributed by atoms with Crippen LogP contribution >= 0.6 is 0 Å². The van der Waals surface area contributed by atoms with Crippen molar-refractivity contribution in [1.29, 1.82) is 0 Å². The number of amides is 1. The van der Waals surface area contributed by atoms with Crippen LogP contribution in [0.5, 0.6) is 0 Å². The largest absolute Gasteiger partial charge is 0.481 e. The Hall–Kier alpha value is -1.98. The fourth-order valence-electron chi connectivity index (χ4n) is 1.14. The van der Waals surface area contributed by atoms with Crippen molar-refractivity contribution in [2.45, 2.75) is 19.9 Å². The van der Waals surface area contributed by atoms with Gasteiger partial charge in [-0.1, -0.05) is 0 Å². The summed E-state index contributed by atoms with van der Waals surface area (Å²) in [6, 6.07) is 1.83. The summed E-state index contributed by atoms with van der Waals surface area (Å²) in [6.45, 7) is 3.09. The number of halogens is 1. The predicted molar refractivity (Wildman–Crippen MR) is 57.9 cm³/mol. The van der Waals surface area contributed by atoms with Crippen molar-refractivity contribution < 1.29 is 19.1 Å². The maximum atomic E-state index is 12.5. The zero-order valence-electron chi connectivity index (χ0n) is 9.48. The molecule has 2 atom stereocenters. The second-order valence-corrected chi connectivity index (χ2v) is 3.76. The Morgan fingerprint density at radius 1 is 1.41 bits per heavy atom. The van der Waals surface area contributed by atoms with Gasteiger partial charge in [0.1, 0.15) is 0 Å². The second-order valence-electron chi connectivity index (χ2n) is 3.76. The minimum atomic E-state index is -0.991. The van der Waals surface area contributed by atoms with E-state index < -0.39 is 29.8 Å². The summed E-state index contributed by atoms with van der Waals surface area (Å²) < 4.78 is 12.5. The van der Waals surface area contributed by atoms with E-state index in [0.29, 0.717) is 0 Å². The third kappa shape index (κ3) is 3.51. The molecule has 0 aliphatic carbocycles. The molecule has 92 valence electrons. The smallest absolute Gasteiger partial charge is 0.308 e. The molecule has 0 saturated heterocycles. The molecular weight excluding hydrogens is 227 g/mol. The summed E-state index contributed by atoms with van der Waals surface area (Å²) in [5.41, 5.74) is 0.191. The van der Waals surface area contributed by atoms with E-state index in [2.05, 4.69) is 10.3 Å². The molecule has 0 aliphatic heterocycles. The van der Waals surface area contributed by atoms with Crippen LogP contribution in [0, 0.1) is 11.9 Å². The van der Waals surface area contributed by atoms with Crippen molar-refractivity contribution in [3.63, 3.8) is 0 Å².